The molecule has 0 saturated carbocycles. The molecule has 0 aliphatic carbocycles. The van der Waals surface area contributed by atoms with Crippen LogP contribution in [0.5, 0.6) is 0 Å². The quantitative estimate of drug-likeness (QED) is 0.499. The Morgan fingerprint density at radius 3 is 2.36 bits per heavy atom. The van der Waals surface area contributed by atoms with E-state index in [9.17, 15) is 4.80 Å². The Bertz CT molecular complexity index is 113. The second-order valence-electron chi connectivity index (χ2n) is 3.55. The van der Waals surface area contributed by atoms with Crippen LogP contribution in [0.4, 0.5) is 0 Å². The van der Waals surface area contributed by atoms with Crippen LogP contribution in [0.3, 0.4) is 0 Å². The van der Waals surface area contributed by atoms with Crippen LogP contribution < -0.4 is 0 Å². The van der Waals surface area contributed by atoms with Gasteiger partial charge >= 0.3 is 0 Å². The lowest BCUT2D eigenvalue weighted by Gasteiger charge is -2.05. The average molecular weight is 172 g/mol. The zero-order valence-electron chi connectivity index (χ0n) is 7.93. The van der Waals surface area contributed by atoms with E-state index >= 15 is 0 Å². The van der Waals surface area contributed by atoms with Gasteiger partial charge in [0, 0.05) is 0 Å². The molecular formula is C9H20OSi. The molecule has 66 valence electrons. The van der Waals surface area contributed by atoms with Crippen molar-refractivity contribution in [3.05, 3.63) is 11.8 Å². The molecule has 0 aliphatic rings. The largest absolute Gasteiger partial charge is 0.428 e. The normalized spacial score (nSPS) is 12.7. The Hall–Kier alpha value is -0.0831. The fraction of sp³-hybridized carbons (Fsp3) is 0.778. The summed E-state index contributed by atoms with van der Waals surface area (Å²) < 4.78 is 0. The number of unbranched alkanes of at least 4 members (excludes halogenated alkanes) is 3. The molecule has 0 rings (SSSR count). The van der Waals surface area contributed by atoms with E-state index in [1.165, 1.54) is 19.3 Å². The van der Waals surface area contributed by atoms with E-state index in [1.807, 2.05) is 18.8 Å². The first kappa shape index (κ1) is 10.9. The molecule has 0 heterocycles. The summed E-state index contributed by atoms with van der Waals surface area (Å²) in [5, 5.41) is 0. The van der Waals surface area contributed by atoms with E-state index in [-0.39, 0.29) is 0 Å². The topological polar surface area (TPSA) is 20.2 Å². The smallest absolute Gasteiger partial charge is 0.206 e. The van der Waals surface area contributed by atoms with Crippen LogP contribution in [0.15, 0.2) is 11.8 Å². The highest BCUT2D eigenvalue weighted by Gasteiger charge is 2.09. The highest BCUT2D eigenvalue weighted by Crippen LogP contribution is 2.03. The maximum absolute atomic E-state index is 9.43. The lowest BCUT2D eigenvalue weighted by molar-refractivity contribution is 0.567. The van der Waals surface area contributed by atoms with E-state index in [0.717, 1.165) is 6.42 Å². The van der Waals surface area contributed by atoms with Gasteiger partial charge in [-0.3, -0.25) is 0 Å². The molecule has 2 heteroatoms. The average Bonchev–Trinajstić information content (AvgIpc) is 1.85. The van der Waals surface area contributed by atoms with Gasteiger partial charge in [-0.05, 0) is 25.9 Å². The Kier molecular flexibility index (Phi) is 5.51. The van der Waals surface area contributed by atoms with E-state index < -0.39 is 8.32 Å². The van der Waals surface area contributed by atoms with Gasteiger partial charge in [-0.1, -0.05) is 31.5 Å². The lowest BCUT2D eigenvalue weighted by Crippen LogP contribution is -2.21. The third kappa shape index (κ3) is 9.92. The minimum Gasteiger partial charge on any atom is -0.428 e. The Morgan fingerprint density at radius 2 is 1.91 bits per heavy atom. The van der Waals surface area contributed by atoms with Crippen molar-refractivity contribution in [2.45, 2.75) is 45.7 Å². The van der Waals surface area contributed by atoms with Gasteiger partial charge in [0.15, 0.2) is 0 Å². The van der Waals surface area contributed by atoms with Crippen molar-refractivity contribution in [1.82, 2.24) is 0 Å². The Balaban J connectivity index is 3.30. The molecular weight excluding hydrogens is 152 g/mol. The van der Waals surface area contributed by atoms with Gasteiger partial charge in [0.1, 0.15) is 0 Å². The lowest BCUT2D eigenvalue weighted by atomic mass is 10.2. The first-order valence-corrected chi connectivity index (χ1v) is 7.49. The molecule has 0 atom stereocenters. The van der Waals surface area contributed by atoms with Crippen LogP contribution in [0.1, 0.15) is 32.6 Å². The molecule has 11 heavy (non-hydrogen) atoms. The van der Waals surface area contributed by atoms with Gasteiger partial charge in [0.05, 0.1) is 0 Å². The van der Waals surface area contributed by atoms with Crippen molar-refractivity contribution < 1.29 is 4.80 Å². The number of rotatable bonds is 5. The van der Waals surface area contributed by atoms with Gasteiger partial charge in [0.2, 0.25) is 8.32 Å². The van der Waals surface area contributed by atoms with Crippen molar-refractivity contribution in [3.63, 3.8) is 0 Å². The summed E-state index contributed by atoms with van der Waals surface area (Å²) in [6.45, 7) is 6.07. The Morgan fingerprint density at radius 1 is 1.27 bits per heavy atom. The van der Waals surface area contributed by atoms with E-state index in [0.29, 0.717) is 0 Å². The molecule has 0 aromatic heterocycles. The SMILES string of the molecule is CCCCCC=C[Si](C)(C)O. The summed E-state index contributed by atoms with van der Waals surface area (Å²) in [7, 11) is -1.90. The number of hydrogen-bond acceptors (Lipinski definition) is 1. The highest BCUT2D eigenvalue weighted by molar-refractivity contribution is 6.74. The maximum atomic E-state index is 9.43. The second kappa shape index (κ2) is 5.55. The van der Waals surface area contributed by atoms with Gasteiger partial charge in [-0.15, -0.1) is 0 Å². The third-order valence-corrected chi connectivity index (χ3v) is 2.55. The minimum atomic E-state index is -1.90. The van der Waals surface area contributed by atoms with Gasteiger partial charge in [-0.25, -0.2) is 0 Å². The third-order valence-electron chi connectivity index (χ3n) is 1.50. The minimum absolute atomic E-state index is 1.13. The molecule has 0 saturated heterocycles. The van der Waals surface area contributed by atoms with Crippen LogP contribution in [-0.4, -0.2) is 13.1 Å². The molecule has 0 aromatic rings. The molecule has 1 N–H and O–H groups in total. The summed E-state index contributed by atoms with van der Waals surface area (Å²) in [4.78, 5) is 9.43. The van der Waals surface area contributed by atoms with Crippen molar-refractivity contribution in [2.75, 3.05) is 0 Å². The van der Waals surface area contributed by atoms with Crippen molar-refractivity contribution in [3.8, 4) is 0 Å². The molecule has 0 radical (unpaired) electrons. The molecule has 0 amide bonds. The van der Waals surface area contributed by atoms with E-state index in [1.54, 1.807) is 0 Å². The molecule has 0 aliphatic heterocycles. The molecule has 1 nitrogen and oxygen atoms in total. The van der Waals surface area contributed by atoms with Crippen LogP contribution in [0, 0.1) is 0 Å². The first-order chi connectivity index (χ1) is 5.06. The first-order valence-electron chi connectivity index (χ1n) is 4.46. The molecule has 0 unspecified atom stereocenters. The summed E-state index contributed by atoms with van der Waals surface area (Å²) in [5.74, 6) is 0. The monoisotopic (exact) mass is 172 g/mol. The second-order valence-corrected chi connectivity index (χ2v) is 7.19. The van der Waals surface area contributed by atoms with Gasteiger partial charge in [0.25, 0.3) is 0 Å². The summed E-state index contributed by atoms with van der Waals surface area (Å²) in [5.41, 5.74) is 2.00. The molecule has 0 fully saturated rings. The summed E-state index contributed by atoms with van der Waals surface area (Å²) in [6.07, 6.45) is 7.09. The molecule has 0 spiro atoms. The fourth-order valence-electron chi connectivity index (χ4n) is 0.884. The van der Waals surface area contributed by atoms with Gasteiger partial charge < -0.3 is 4.80 Å². The summed E-state index contributed by atoms with van der Waals surface area (Å²) >= 11 is 0. The zero-order valence-corrected chi connectivity index (χ0v) is 8.93. The predicted molar refractivity (Wildman–Crippen MR) is 53.0 cm³/mol. The standard InChI is InChI=1S/C9H20OSi/c1-4-5-6-7-8-9-11(2,3)10/h8-10H,4-7H2,1-3H3. The number of allylic oxidation sites excluding steroid dienone is 1. The van der Waals surface area contributed by atoms with Crippen LogP contribution >= 0.6 is 0 Å². The van der Waals surface area contributed by atoms with Gasteiger partial charge in [-0.2, -0.15) is 0 Å². The van der Waals surface area contributed by atoms with Crippen molar-refractivity contribution in [1.29, 1.82) is 0 Å². The molecule has 0 aromatic carbocycles. The van der Waals surface area contributed by atoms with Crippen LogP contribution in [-0.2, 0) is 0 Å². The highest BCUT2D eigenvalue weighted by atomic mass is 28.4. The maximum Gasteiger partial charge on any atom is 0.206 e. The Labute approximate surface area is 71.3 Å². The van der Waals surface area contributed by atoms with E-state index in [4.69, 9.17) is 0 Å². The van der Waals surface area contributed by atoms with Crippen molar-refractivity contribution >= 4 is 8.32 Å². The number of hydrogen-bond donors (Lipinski definition) is 1. The van der Waals surface area contributed by atoms with Crippen LogP contribution in [0.2, 0.25) is 13.1 Å². The van der Waals surface area contributed by atoms with Crippen molar-refractivity contribution in [2.24, 2.45) is 0 Å². The zero-order chi connectivity index (χ0) is 8.74. The fourth-order valence-corrected chi connectivity index (χ4v) is 1.63. The summed E-state index contributed by atoms with van der Waals surface area (Å²) in [6, 6.07) is 0. The van der Waals surface area contributed by atoms with Crippen LogP contribution in [0.25, 0.3) is 0 Å². The van der Waals surface area contributed by atoms with E-state index in [2.05, 4.69) is 13.0 Å². The molecule has 0 bridgehead atoms. The predicted octanol–water partition coefficient (Wildman–Crippen LogP) is 2.86.